The second-order valence-corrected chi connectivity index (χ2v) is 6.18. The number of carbonyl (C=O) groups excluding carboxylic acids is 2. The van der Waals surface area contributed by atoms with Crippen molar-refractivity contribution >= 4 is 17.5 Å². The zero-order valence-corrected chi connectivity index (χ0v) is 14.7. The summed E-state index contributed by atoms with van der Waals surface area (Å²) in [7, 11) is 0. The maximum Gasteiger partial charge on any atom is 0.257 e. The highest BCUT2D eigenvalue weighted by Crippen LogP contribution is 2.16. The van der Waals surface area contributed by atoms with Crippen LogP contribution in [0.4, 0.5) is 5.82 Å². The Morgan fingerprint density at radius 1 is 1.08 bits per heavy atom. The van der Waals surface area contributed by atoms with Gasteiger partial charge in [-0.15, -0.1) is 0 Å². The number of aryl methyl sites for hydroxylation is 1. The summed E-state index contributed by atoms with van der Waals surface area (Å²) in [6.45, 7) is 7.21. The van der Waals surface area contributed by atoms with Gasteiger partial charge in [0, 0.05) is 50.7 Å². The molecule has 3 heterocycles. The van der Waals surface area contributed by atoms with Crippen molar-refractivity contribution in [3.05, 3.63) is 41.9 Å². The summed E-state index contributed by atoms with van der Waals surface area (Å²) in [5.41, 5.74) is 1.25. The summed E-state index contributed by atoms with van der Waals surface area (Å²) >= 11 is 0. The molecular formula is C18H23N5O2. The van der Waals surface area contributed by atoms with Gasteiger partial charge in [-0.1, -0.05) is 0 Å². The highest BCUT2D eigenvalue weighted by atomic mass is 16.2. The number of anilines is 1. The van der Waals surface area contributed by atoms with E-state index in [-0.39, 0.29) is 11.7 Å². The number of hydrogen-bond acceptors (Lipinski definition) is 5. The molecule has 132 valence electrons. The van der Waals surface area contributed by atoms with Crippen LogP contribution < -0.4 is 4.90 Å². The van der Waals surface area contributed by atoms with Gasteiger partial charge in [-0.25, -0.2) is 4.98 Å². The summed E-state index contributed by atoms with van der Waals surface area (Å²) < 4.78 is 1.76. The van der Waals surface area contributed by atoms with Crippen molar-refractivity contribution in [1.82, 2.24) is 19.7 Å². The van der Waals surface area contributed by atoms with Crippen LogP contribution in [0, 0.1) is 0 Å². The van der Waals surface area contributed by atoms with Crippen molar-refractivity contribution in [1.29, 1.82) is 0 Å². The lowest BCUT2D eigenvalue weighted by atomic mass is 10.2. The molecule has 0 aromatic carbocycles. The van der Waals surface area contributed by atoms with Crippen molar-refractivity contribution in [2.45, 2.75) is 26.8 Å². The Balaban J connectivity index is 1.65. The fourth-order valence-electron chi connectivity index (χ4n) is 2.96. The molecule has 1 fully saturated rings. The first kappa shape index (κ1) is 17.1. The molecule has 0 N–H and O–H groups in total. The minimum Gasteiger partial charge on any atom is -0.355 e. The lowest BCUT2D eigenvalue weighted by molar-refractivity contribution is 0.0766. The van der Waals surface area contributed by atoms with Crippen LogP contribution >= 0.6 is 0 Å². The summed E-state index contributed by atoms with van der Waals surface area (Å²) in [6, 6.07) is 3.68. The highest BCUT2D eigenvalue weighted by Gasteiger charge is 2.22. The molecule has 0 radical (unpaired) electrons. The quantitative estimate of drug-likeness (QED) is 0.794. The maximum atomic E-state index is 12.6. The van der Waals surface area contributed by atoms with E-state index in [1.807, 2.05) is 17.9 Å². The molecule has 0 saturated carbocycles. The molecular weight excluding hydrogens is 318 g/mol. The standard InChI is InChI=1S/C18H23N5O2/c1-3-23-13-16(12-20-23)18(25)22-8-4-7-21(9-10-22)17-6-5-15(11-19-17)14(2)24/h5-6,11-13H,3-4,7-10H2,1-2H3. The Labute approximate surface area is 147 Å². The molecule has 0 unspecified atom stereocenters. The Hall–Kier alpha value is -2.70. The molecule has 2 aromatic rings. The molecule has 0 aliphatic carbocycles. The number of hydrogen-bond donors (Lipinski definition) is 0. The Bertz CT molecular complexity index is 753. The largest absolute Gasteiger partial charge is 0.355 e. The Morgan fingerprint density at radius 3 is 2.56 bits per heavy atom. The summed E-state index contributed by atoms with van der Waals surface area (Å²) in [5, 5.41) is 4.18. The fourth-order valence-corrected chi connectivity index (χ4v) is 2.96. The van der Waals surface area contributed by atoms with Gasteiger partial charge in [-0.3, -0.25) is 14.3 Å². The third-order valence-electron chi connectivity index (χ3n) is 4.47. The average molecular weight is 341 g/mol. The number of ketones is 1. The third kappa shape index (κ3) is 3.87. The van der Waals surface area contributed by atoms with Crippen LogP contribution in [0.25, 0.3) is 0 Å². The van der Waals surface area contributed by atoms with Gasteiger partial charge < -0.3 is 9.80 Å². The number of nitrogens with zero attached hydrogens (tertiary/aromatic N) is 5. The summed E-state index contributed by atoms with van der Waals surface area (Å²) in [4.78, 5) is 32.4. The van der Waals surface area contributed by atoms with Crippen molar-refractivity contribution in [3.63, 3.8) is 0 Å². The van der Waals surface area contributed by atoms with Gasteiger partial charge in [0.15, 0.2) is 5.78 Å². The molecule has 1 saturated heterocycles. The first-order valence-corrected chi connectivity index (χ1v) is 8.62. The Kier molecular flexibility index (Phi) is 5.11. The van der Waals surface area contributed by atoms with Crippen molar-refractivity contribution in [2.75, 3.05) is 31.1 Å². The van der Waals surface area contributed by atoms with E-state index in [1.54, 1.807) is 29.3 Å². The highest BCUT2D eigenvalue weighted by molar-refractivity contribution is 5.94. The van der Waals surface area contributed by atoms with E-state index in [1.165, 1.54) is 6.92 Å². The zero-order valence-electron chi connectivity index (χ0n) is 14.7. The SMILES string of the molecule is CCn1cc(C(=O)N2CCCN(c3ccc(C(C)=O)cn3)CC2)cn1. The molecule has 0 bridgehead atoms. The molecule has 1 aliphatic heterocycles. The van der Waals surface area contributed by atoms with E-state index < -0.39 is 0 Å². The van der Waals surface area contributed by atoms with Crippen LogP contribution in [-0.2, 0) is 6.54 Å². The number of Topliss-reactive ketones (excluding diaryl/α,β-unsaturated/α-hetero) is 1. The van der Waals surface area contributed by atoms with Crippen LogP contribution in [0.3, 0.4) is 0 Å². The third-order valence-corrected chi connectivity index (χ3v) is 4.47. The molecule has 0 spiro atoms. The van der Waals surface area contributed by atoms with Gasteiger partial charge in [-0.2, -0.15) is 5.10 Å². The predicted molar refractivity (Wildman–Crippen MR) is 94.9 cm³/mol. The lowest BCUT2D eigenvalue weighted by Gasteiger charge is -2.22. The molecule has 7 nitrogen and oxygen atoms in total. The molecule has 2 aromatic heterocycles. The van der Waals surface area contributed by atoms with E-state index in [9.17, 15) is 9.59 Å². The van der Waals surface area contributed by atoms with Crippen LogP contribution in [0.5, 0.6) is 0 Å². The molecule has 7 heteroatoms. The van der Waals surface area contributed by atoms with Crippen molar-refractivity contribution < 1.29 is 9.59 Å². The maximum absolute atomic E-state index is 12.6. The molecule has 1 aliphatic rings. The number of amides is 1. The molecule has 1 amide bonds. The van der Waals surface area contributed by atoms with Crippen molar-refractivity contribution in [3.8, 4) is 0 Å². The summed E-state index contributed by atoms with van der Waals surface area (Å²) in [6.07, 6.45) is 5.93. The van der Waals surface area contributed by atoms with Gasteiger partial charge in [0.2, 0.25) is 0 Å². The number of pyridine rings is 1. The second kappa shape index (κ2) is 7.46. The van der Waals surface area contributed by atoms with Gasteiger partial charge in [-0.05, 0) is 32.4 Å². The minimum atomic E-state index is 0.0133. The monoisotopic (exact) mass is 341 g/mol. The zero-order chi connectivity index (χ0) is 17.8. The van der Waals surface area contributed by atoms with Crippen LogP contribution in [-0.4, -0.2) is 57.5 Å². The van der Waals surface area contributed by atoms with E-state index >= 15 is 0 Å². The summed E-state index contributed by atoms with van der Waals surface area (Å²) in [5.74, 6) is 0.888. The van der Waals surface area contributed by atoms with Gasteiger partial charge in [0.05, 0.1) is 11.8 Å². The number of aromatic nitrogens is 3. The van der Waals surface area contributed by atoms with E-state index in [4.69, 9.17) is 0 Å². The predicted octanol–water partition coefficient (Wildman–Crippen LogP) is 1.85. The van der Waals surface area contributed by atoms with Gasteiger partial charge in [0.1, 0.15) is 5.82 Å². The minimum absolute atomic E-state index is 0.0133. The second-order valence-electron chi connectivity index (χ2n) is 6.18. The van der Waals surface area contributed by atoms with Crippen LogP contribution in [0.1, 0.15) is 41.0 Å². The number of carbonyl (C=O) groups is 2. The van der Waals surface area contributed by atoms with E-state index in [0.717, 1.165) is 38.4 Å². The van der Waals surface area contributed by atoms with E-state index in [0.29, 0.717) is 17.7 Å². The Morgan fingerprint density at radius 2 is 1.92 bits per heavy atom. The topological polar surface area (TPSA) is 71.3 Å². The van der Waals surface area contributed by atoms with E-state index in [2.05, 4.69) is 15.0 Å². The number of rotatable bonds is 4. The first-order valence-electron chi connectivity index (χ1n) is 8.62. The normalized spacial score (nSPS) is 15.1. The molecule has 25 heavy (non-hydrogen) atoms. The first-order chi connectivity index (χ1) is 12.1. The lowest BCUT2D eigenvalue weighted by Crippen LogP contribution is -2.35. The van der Waals surface area contributed by atoms with Gasteiger partial charge in [0.25, 0.3) is 5.91 Å². The average Bonchev–Trinajstić information content (AvgIpc) is 2.98. The van der Waals surface area contributed by atoms with Crippen molar-refractivity contribution in [2.24, 2.45) is 0 Å². The smallest absolute Gasteiger partial charge is 0.257 e. The molecule has 0 atom stereocenters. The molecule has 3 rings (SSSR count). The van der Waals surface area contributed by atoms with Crippen LogP contribution in [0.2, 0.25) is 0 Å². The van der Waals surface area contributed by atoms with Crippen LogP contribution in [0.15, 0.2) is 30.7 Å². The van der Waals surface area contributed by atoms with Gasteiger partial charge >= 0.3 is 0 Å². The fraction of sp³-hybridized carbons (Fsp3) is 0.444.